The van der Waals surface area contributed by atoms with Gasteiger partial charge in [-0.05, 0) is 55.3 Å². The fourth-order valence-corrected chi connectivity index (χ4v) is 4.01. The van der Waals surface area contributed by atoms with Gasteiger partial charge in [-0.25, -0.2) is 0 Å². The number of thioether (sulfide) groups is 1. The van der Waals surface area contributed by atoms with Crippen molar-refractivity contribution in [1.82, 2.24) is 14.8 Å². The smallest absolute Gasteiger partial charge is 0.234 e. The monoisotopic (exact) mass is 444 g/mol. The molecule has 0 spiro atoms. The number of hydrogen-bond donors (Lipinski definition) is 1. The van der Waals surface area contributed by atoms with E-state index in [4.69, 9.17) is 4.74 Å². The maximum Gasteiger partial charge on any atom is 0.234 e. The van der Waals surface area contributed by atoms with E-state index in [1.165, 1.54) is 11.8 Å². The van der Waals surface area contributed by atoms with Crippen LogP contribution in [0.1, 0.15) is 17.0 Å². The lowest BCUT2D eigenvalue weighted by atomic mass is 10.2. The van der Waals surface area contributed by atoms with Crippen LogP contribution in [-0.4, -0.2) is 26.4 Å². The van der Waals surface area contributed by atoms with E-state index in [0.29, 0.717) is 11.0 Å². The number of ether oxygens (including phenoxy) is 1. The first-order valence-electron chi connectivity index (χ1n) is 10.3. The highest BCUT2D eigenvalue weighted by molar-refractivity contribution is 7.99. The van der Waals surface area contributed by atoms with Crippen LogP contribution in [0.15, 0.2) is 84.0 Å². The Bertz CT molecular complexity index is 1210. The number of carbonyl (C=O) groups excluding carboxylic acids is 1. The van der Waals surface area contributed by atoms with Gasteiger partial charge >= 0.3 is 0 Å². The molecule has 4 rings (SSSR count). The molecule has 4 aromatic rings. The zero-order valence-electron chi connectivity index (χ0n) is 18.0. The first-order valence-corrected chi connectivity index (χ1v) is 11.3. The first kappa shape index (κ1) is 21.6. The van der Waals surface area contributed by atoms with Crippen LogP contribution in [0.4, 0.5) is 5.69 Å². The summed E-state index contributed by atoms with van der Waals surface area (Å²) in [6.45, 7) is 4.27. The van der Waals surface area contributed by atoms with Crippen LogP contribution in [0.2, 0.25) is 0 Å². The molecule has 32 heavy (non-hydrogen) atoms. The second kappa shape index (κ2) is 10.2. The lowest BCUT2D eigenvalue weighted by Crippen LogP contribution is -2.15. The molecule has 0 fully saturated rings. The molecular weight excluding hydrogens is 420 g/mol. The summed E-state index contributed by atoms with van der Waals surface area (Å²) in [5, 5.41) is 12.3. The molecule has 162 valence electrons. The van der Waals surface area contributed by atoms with E-state index in [0.717, 1.165) is 28.3 Å². The molecule has 0 bridgehead atoms. The Balaban J connectivity index is 1.50. The van der Waals surface area contributed by atoms with Crippen LogP contribution in [0.25, 0.3) is 5.69 Å². The van der Waals surface area contributed by atoms with Crippen molar-refractivity contribution < 1.29 is 9.53 Å². The van der Waals surface area contributed by atoms with E-state index in [9.17, 15) is 4.79 Å². The van der Waals surface area contributed by atoms with Gasteiger partial charge in [0.2, 0.25) is 5.91 Å². The summed E-state index contributed by atoms with van der Waals surface area (Å²) >= 11 is 1.34. The number of carbonyl (C=O) groups is 1. The third kappa shape index (κ3) is 5.36. The van der Waals surface area contributed by atoms with Crippen molar-refractivity contribution in [2.45, 2.75) is 25.6 Å². The molecule has 1 aromatic heterocycles. The minimum Gasteiger partial charge on any atom is -0.485 e. The summed E-state index contributed by atoms with van der Waals surface area (Å²) < 4.78 is 7.94. The third-order valence-corrected chi connectivity index (χ3v) is 5.73. The van der Waals surface area contributed by atoms with Crippen LogP contribution in [0.5, 0.6) is 5.75 Å². The molecule has 1 heterocycles. The summed E-state index contributed by atoms with van der Waals surface area (Å²) in [5.41, 5.74) is 3.85. The van der Waals surface area contributed by atoms with Gasteiger partial charge in [-0.2, -0.15) is 0 Å². The van der Waals surface area contributed by atoms with Crippen molar-refractivity contribution in [3.8, 4) is 11.4 Å². The number of nitrogens with one attached hydrogen (secondary N) is 1. The minimum atomic E-state index is -0.0964. The zero-order valence-corrected chi connectivity index (χ0v) is 18.8. The molecule has 7 heteroatoms. The van der Waals surface area contributed by atoms with Crippen molar-refractivity contribution in [2.24, 2.45) is 0 Å². The molecule has 0 aliphatic heterocycles. The van der Waals surface area contributed by atoms with Gasteiger partial charge in [0.15, 0.2) is 11.0 Å². The van der Waals surface area contributed by atoms with Gasteiger partial charge in [-0.1, -0.05) is 60.3 Å². The van der Waals surface area contributed by atoms with E-state index < -0.39 is 0 Å². The Morgan fingerprint density at radius 1 is 0.969 bits per heavy atom. The second-order valence-corrected chi connectivity index (χ2v) is 8.27. The summed E-state index contributed by atoms with van der Waals surface area (Å²) in [7, 11) is 0. The highest BCUT2D eigenvalue weighted by atomic mass is 32.2. The Kier molecular flexibility index (Phi) is 6.87. The summed E-state index contributed by atoms with van der Waals surface area (Å²) in [5.74, 6) is 1.60. The predicted octanol–water partition coefficient (Wildman–Crippen LogP) is 5.19. The number of para-hydroxylation sites is 2. The van der Waals surface area contributed by atoms with Crippen molar-refractivity contribution in [3.63, 3.8) is 0 Å². The molecule has 0 aliphatic rings. The molecule has 0 radical (unpaired) electrons. The van der Waals surface area contributed by atoms with Gasteiger partial charge in [0, 0.05) is 11.4 Å². The number of hydrogen-bond acceptors (Lipinski definition) is 5. The fourth-order valence-electron chi connectivity index (χ4n) is 3.23. The number of rotatable bonds is 8. The van der Waals surface area contributed by atoms with Crippen LogP contribution >= 0.6 is 11.8 Å². The normalized spacial score (nSPS) is 10.7. The Morgan fingerprint density at radius 2 is 1.75 bits per heavy atom. The number of benzene rings is 3. The lowest BCUT2D eigenvalue weighted by Gasteiger charge is -2.12. The van der Waals surface area contributed by atoms with E-state index in [-0.39, 0.29) is 18.3 Å². The van der Waals surface area contributed by atoms with Crippen LogP contribution in [0.3, 0.4) is 0 Å². The van der Waals surface area contributed by atoms with Gasteiger partial charge in [-0.15, -0.1) is 10.2 Å². The third-order valence-electron chi connectivity index (χ3n) is 4.80. The van der Waals surface area contributed by atoms with Gasteiger partial charge < -0.3 is 10.1 Å². The summed E-state index contributed by atoms with van der Waals surface area (Å²) in [6.07, 6.45) is 0. The second-order valence-electron chi connectivity index (χ2n) is 7.33. The van der Waals surface area contributed by atoms with Crippen LogP contribution in [-0.2, 0) is 11.4 Å². The van der Waals surface area contributed by atoms with Crippen molar-refractivity contribution in [3.05, 3.63) is 95.8 Å². The standard InChI is InChI=1S/C25H24N4O2S/c1-18-9-8-11-20(15-18)26-24(30)17-32-25-28-27-23(29(25)21-12-4-3-5-13-21)16-31-22-14-7-6-10-19(22)2/h3-15H,16-17H2,1-2H3,(H,26,30). The Hall–Kier alpha value is -3.58. The molecule has 1 amide bonds. The summed E-state index contributed by atoms with van der Waals surface area (Å²) in [6, 6.07) is 25.4. The predicted molar refractivity (Wildman–Crippen MR) is 127 cm³/mol. The quantitative estimate of drug-likeness (QED) is 0.379. The molecule has 6 nitrogen and oxygen atoms in total. The maximum atomic E-state index is 12.5. The molecule has 0 aliphatic carbocycles. The largest absolute Gasteiger partial charge is 0.485 e. The Morgan fingerprint density at radius 3 is 2.53 bits per heavy atom. The molecule has 0 saturated carbocycles. The average Bonchev–Trinajstić information content (AvgIpc) is 3.20. The van der Waals surface area contributed by atoms with Crippen LogP contribution in [0, 0.1) is 13.8 Å². The number of amides is 1. The zero-order chi connectivity index (χ0) is 22.3. The number of aromatic nitrogens is 3. The first-order chi connectivity index (χ1) is 15.6. The molecule has 0 atom stereocenters. The average molecular weight is 445 g/mol. The fraction of sp³-hybridized carbons (Fsp3) is 0.160. The summed E-state index contributed by atoms with van der Waals surface area (Å²) in [4.78, 5) is 12.5. The molecule has 1 N–H and O–H groups in total. The number of anilines is 1. The van der Waals surface area contributed by atoms with Gasteiger partial charge in [0.1, 0.15) is 12.4 Å². The van der Waals surface area contributed by atoms with Crippen LogP contribution < -0.4 is 10.1 Å². The van der Waals surface area contributed by atoms with E-state index in [1.54, 1.807) is 0 Å². The molecule has 0 saturated heterocycles. The molecule has 3 aromatic carbocycles. The van der Waals surface area contributed by atoms with Gasteiger partial charge in [0.05, 0.1) is 5.75 Å². The van der Waals surface area contributed by atoms with E-state index in [1.807, 2.05) is 97.3 Å². The maximum absolute atomic E-state index is 12.5. The van der Waals surface area contributed by atoms with Crippen molar-refractivity contribution >= 4 is 23.4 Å². The van der Waals surface area contributed by atoms with E-state index >= 15 is 0 Å². The molecular formula is C25H24N4O2S. The molecule has 0 unspecified atom stereocenters. The van der Waals surface area contributed by atoms with Crippen molar-refractivity contribution in [2.75, 3.05) is 11.1 Å². The van der Waals surface area contributed by atoms with Crippen molar-refractivity contribution in [1.29, 1.82) is 0 Å². The lowest BCUT2D eigenvalue weighted by molar-refractivity contribution is -0.113. The highest BCUT2D eigenvalue weighted by Gasteiger charge is 2.17. The SMILES string of the molecule is Cc1cccc(NC(=O)CSc2nnc(COc3ccccc3C)n2-c2ccccc2)c1. The minimum absolute atomic E-state index is 0.0964. The number of aryl methyl sites for hydroxylation is 2. The Labute approximate surface area is 191 Å². The highest BCUT2D eigenvalue weighted by Crippen LogP contribution is 2.24. The van der Waals surface area contributed by atoms with E-state index in [2.05, 4.69) is 15.5 Å². The topological polar surface area (TPSA) is 69.0 Å². The number of nitrogens with zero attached hydrogens (tertiary/aromatic N) is 3. The van der Waals surface area contributed by atoms with Gasteiger partial charge in [0.25, 0.3) is 0 Å². The van der Waals surface area contributed by atoms with Gasteiger partial charge in [-0.3, -0.25) is 9.36 Å².